The van der Waals surface area contributed by atoms with Gasteiger partial charge in [0.05, 0.1) is 12.7 Å². The van der Waals surface area contributed by atoms with Crippen molar-refractivity contribution in [3.05, 3.63) is 46.9 Å². The van der Waals surface area contributed by atoms with Crippen LogP contribution >= 0.6 is 11.6 Å². The third kappa shape index (κ3) is 5.21. The number of ether oxygens (including phenoxy) is 1. The molecule has 3 N–H and O–H groups in total. The van der Waals surface area contributed by atoms with E-state index in [9.17, 15) is 13.2 Å². The van der Waals surface area contributed by atoms with Crippen LogP contribution in [-0.4, -0.2) is 47.2 Å². The van der Waals surface area contributed by atoms with Gasteiger partial charge in [0.25, 0.3) is 0 Å². The Bertz CT molecular complexity index is 775. The highest BCUT2D eigenvalue weighted by atomic mass is 35.5. The van der Waals surface area contributed by atoms with Gasteiger partial charge in [-0.05, 0) is 5.56 Å². The molecular formula is C17H19ClF3N5O. The number of morpholine rings is 1. The smallest absolute Gasteiger partial charge is 0.393 e. The molecule has 2 heterocycles. The van der Waals surface area contributed by atoms with E-state index in [1.54, 1.807) is 0 Å². The topological polar surface area (TPSA) is 76.3 Å². The first kappa shape index (κ1) is 19.7. The van der Waals surface area contributed by atoms with Crippen LogP contribution in [0.25, 0.3) is 0 Å². The molecule has 2 aromatic rings. The molecule has 10 heteroatoms. The fourth-order valence-corrected chi connectivity index (χ4v) is 2.97. The zero-order valence-electron chi connectivity index (χ0n) is 14.3. The summed E-state index contributed by atoms with van der Waals surface area (Å²) < 4.78 is 44.2. The zero-order valence-corrected chi connectivity index (χ0v) is 15.1. The fourth-order valence-electron chi connectivity index (χ4n) is 2.80. The van der Waals surface area contributed by atoms with Crippen LogP contribution in [0.3, 0.4) is 0 Å². The second kappa shape index (κ2) is 8.28. The van der Waals surface area contributed by atoms with E-state index in [0.717, 1.165) is 13.1 Å². The lowest BCUT2D eigenvalue weighted by atomic mass is 10.2. The van der Waals surface area contributed by atoms with E-state index < -0.39 is 17.2 Å². The van der Waals surface area contributed by atoms with Crippen molar-refractivity contribution >= 4 is 23.1 Å². The van der Waals surface area contributed by atoms with Gasteiger partial charge < -0.3 is 15.8 Å². The molecule has 0 bridgehead atoms. The number of halogens is 4. The van der Waals surface area contributed by atoms with Gasteiger partial charge in [-0.25, -0.2) is 9.97 Å². The highest BCUT2D eigenvalue weighted by Gasteiger charge is 2.36. The second-order valence-electron chi connectivity index (χ2n) is 6.19. The molecule has 1 saturated heterocycles. The summed E-state index contributed by atoms with van der Waals surface area (Å²) >= 11 is 5.70. The Morgan fingerprint density at radius 2 is 2.00 bits per heavy atom. The number of hydrogen-bond acceptors (Lipinski definition) is 6. The number of anilines is 2. The van der Waals surface area contributed by atoms with Crippen LogP contribution in [0.15, 0.2) is 30.3 Å². The molecule has 1 aliphatic rings. The molecule has 1 aliphatic heterocycles. The normalized spacial score (nSPS) is 18.4. The molecule has 1 aromatic heterocycles. The maximum Gasteiger partial charge on any atom is 0.451 e. The number of nitrogens with one attached hydrogen (secondary N) is 1. The summed E-state index contributed by atoms with van der Waals surface area (Å²) in [5.41, 5.74) is 6.77. The molecule has 0 saturated carbocycles. The Kier molecular flexibility index (Phi) is 6.03. The maximum absolute atomic E-state index is 12.8. The molecule has 0 unspecified atom stereocenters. The van der Waals surface area contributed by atoms with Crippen LogP contribution < -0.4 is 11.1 Å². The van der Waals surface area contributed by atoms with Crippen LogP contribution in [0.1, 0.15) is 11.4 Å². The first-order valence-corrected chi connectivity index (χ1v) is 8.72. The van der Waals surface area contributed by atoms with E-state index in [1.165, 1.54) is 5.56 Å². The molecular weight excluding hydrogens is 383 g/mol. The molecule has 3 rings (SSSR count). The Labute approximate surface area is 159 Å². The minimum Gasteiger partial charge on any atom is -0.393 e. The Hall–Kier alpha value is -2.10. The molecule has 1 fully saturated rings. The Balaban J connectivity index is 1.62. The number of alkyl halides is 3. The summed E-state index contributed by atoms with van der Waals surface area (Å²) in [7, 11) is 0. The van der Waals surface area contributed by atoms with Crippen molar-refractivity contribution in [2.24, 2.45) is 0 Å². The van der Waals surface area contributed by atoms with Gasteiger partial charge in [0.1, 0.15) is 5.69 Å². The molecule has 6 nitrogen and oxygen atoms in total. The second-order valence-corrected chi connectivity index (χ2v) is 6.55. The average Bonchev–Trinajstić information content (AvgIpc) is 2.63. The zero-order chi connectivity index (χ0) is 19.4. The van der Waals surface area contributed by atoms with Gasteiger partial charge in [-0.1, -0.05) is 41.9 Å². The highest BCUT2D eigenvalue weighted by molar-refractivity contribution is 6.32. The van der Waals surface area contributed by atoms with Crippen molar-refractivity contribution in [3.8, 4) is 0 Å². The third-order valence-corrected chi connectivity index (χ3v) is 4.41. The molecule has 1 aromatic carbocycles. The predicted octanol–water partition coefficient (Wildman–Crippen LogP) is 3.04. The van der Waals surface area contributed by atoms with Crippen LogP contribution in [0.2, 0.25) is 5.15 Å². The van der Waals surface area contributed by atoms with Crippen molar-refractivity contribution in [2.45, 2.75) is 18.8 Å². The van der Waals surface area contributed by atoms with Crippen LogP contribution in [0, 0.1) is 0 Å². The molecule has 1 atom stereocenters. The quantitative estimate of drug-likeness (QED) is 0.750. The number of rotatable bonds is 5. The first-order chi connectivity index (χ1) is 12.8. The van der Waals surface area contributed by atoms with Gasteiger partial charge in [0, 0.05) is 26.2 Å². The van der Waals surface area contributed by atoms with E-state index in [4.69, 9.17) is 22.1 Å². The van der Waals surface area contributed by atoms with Crippen molar-refractivity contribution < 1.29 is 17.9 Å². The summed E-state index contributed by atoms with van der Waals surface area (Å²) in [5.74, 6) is -1.48. The van der Waals surface area contributed by atoms with Crippen molar-refractivity contribution in [1.82, 2.24) is 14.9 Å². The largest absolute Gasteiger partial charge is 0.451 e. The van der Waals surface area contributed by atoms with Gasteiger partial charge in [0.15, 0.2) is 11.0 Å². The van der Waals surface area contributed by atoms with E-state index in [0.29, 0.717) is 13.2 Å². The van der Waals surface area contributed by atoms with Gasteiger partial charge in [0.2, 0.25) is 5.82 Å². The Morgan fingerprint density at radius 1 is 1.26 bits per heavy atom. The minimum absolute atomic E-state index is 0.124. The number of nitrogens with two attached hydrogens (primary N) is 1. The van der Waals surface area contributed by atoms with Crippen LogP contribution in [-0.2, 0) is 17.5 Å². The summed E-state index contributed by atoms with van der Waals surface area (Å²) in [6.45, 7) is 2.98. The average molecular weight is 402 g/mol. The lowest BCUT2D eigenvalue weighted by Gasteiger charge is -2.33. The molecule has 146 valence electrons. The summed E-state index contributed by atoms with van der Waals surface area (Å²) in [5, 5.41) is 2.37. The fraction of sp³-hybridized carbons (Fsp3) is 0.412. The summed E-state index contributed by atoms with van der Waals surface area (Å²) in [6, 6.07) is 10.0. The lowest BCUT2D eigenvalue weighted by molar-refractivity contribution is -0.144. The van der Waals surface area contributed by atoms with E-state index >= 15 is 0 Å². The van der Waals surface area contributed by atoms with E-state index in [1.807, 2.05) is 30.3 Å². The van der Waals surface area contributed by atoms with Gasteiger partial charge in [-0.15, -0.1) is 0 Å². The molecule has 0 spiro atoms. The number of benzene rings is 1. The van der Waals surface area contributed by atoms with Gasteiger partial charge in [-0.2, -0.15) is 13.2 Å². The first-order valence-electron chi connectivity index (χ1n) is 8.35. The number of hydrogen-bond donors (Lipinski definition) is 2. The Morgan fingerprint density at radius 3 is 2.70 bits per heavy atom. The predicted molar refractivity (Wildman–Crippen MR) is 96.4 cm³/mol. The van der Waals surface area contributed by atoms with Gasteiger partial charge >= 0.3 is 6.18 Å². The number of nitrogens with zero attached hydrogens (tertiary/aromatic N) is 3. The SMILES string of the molecule is Nc1c(Cl)nc(C(F)(F)F)nc1NC[C@H]1CN(Cc2ccccc2)CCO1. The van der Waals surface area contributed by atoms with E-state index in [-0.39, 0.29) is 24.2 Å². The third-order valence-electron chi connectivity index (χ3n) is 4.12. The minimum atomic E-state index is -4.71. The molecule has 27 heavy (non-hydrogen) atoms. The number of aromatic nitrogens is 2. The van der Waals surface area contributed by atoms with E-state index in [2.05, 4.69) is 20.2 Å². The highest BCUT2D eigenvalue weighted by Crippen LogP contribution is 2.32. The van der Waals surface area contributed by atoms with Crippen LogP contribution in [0.5, 0.6) is 0 Å². The monoisotopic (exact) mass is 401 g/mol. The molecule has 0 amide bonds. The van der Waals surface area contributed by atoms with Crippen molar-refractivity contribution in [3.63, 3.8) is 0 Å². The summed E-state index contributed by atoms with van der Waals surface area (Å²) in [4.78, 5) is 8.86. The molecule has 0 aliphatic carbocycles. The van der Waals surface area contributed by atoms with Crippen molar-refractivity contribution in [2.75, 3.05) is 37.3 Å². The lowest BCUT2D eigenvalue weighted by Crippen LogP contribution is -2.44. The van der Waals surface area contributed by atoms with Gasteiger partial charge in [-0.3, -0.25) is 4.90 Å². The van der Waals surface area contributed by atoms with Crippen LogP contribution in [0.4, 0.5) is 24.7 Å². The maximum atomic E-state index is 12.8. The van der Waals surface area contributed by atoms with Crippen molar-refractivity contribution in [1.29, 1.82) is 0 Å². The number of nitrogen functional groups attached to an aromatic ring is 1. The molecule has 0 radical (unpaired) electrons. The standard InChI is InChI=1S/C17H19ClF3N5O/c18-14-13(22)15(25-16(24-14)17(19,20)21)23-8-12-10-26(6-7-27-12)9-11-4-2-1-3-5-11/h1-5,12H,6-10,22H2,(H,23,24,25)/t12-/m0/s1. The summed E-state index contributed by atoms with van der Waals surface area (Å²) in [6.07, 6.45) is -4.92.